The van der Waals surface area contributed by atoms with E-state index in [0.717, 1.165) is 29.1 Å². The van der Waals surface area contributed by atoms with Gasteiger partial charge in [-0.25, -0.2) is 4.98 Å². The van der Waals surface area contributed by atoms with Gasteiger partial charge in [-0.15, -0.1) is 0 Å². The van der Waals surface area contributed by atoms with E-state index in [4.69, 9.17) is 4.74 Å². The zero-order chi connectivity index (χ0) is 20.6. The van der Waals surface area contributed by atoms with Crippen LogP contribution >= 0.6 is 0 Å². The molecular formula is C23H26N4O2. The molecule has 0 bridgehead atoms. The van der Waals surface area contributed by atoms with Crippen molar-refractivity contribution >= 4 is 23.1 Å². The Kier molecular flexibility index (Phi) is 6.68. The number of nitrogens with zero attached hydrogens (tertiary/aromatic N) is 2. The third-order valence-corrected chi connectivity index (χ3v) is 4.52. The first-order valence-corrected chi connectivity index (χ1v) is 9.47. The number of ether oxygens (including phenoxy) is 1. The Hall–Kier alpha value is -3.54. The minimum atomic E-state index is -0.137. The molecule has 1 aromatic heterocycles. The quantitative estimate of drug-likeness (QED) is 0.611. The second-order valence-electron chi connectivity index (χ2n) is 6.86. The Bertz CT molecular complexity index is 938. The summed E-state index contributed by atoms with van der Waals surface area (Å²) in [6.07, 6.45) is 2.32. The summed E-state index contributed by atoms with van der Waals surface area (Å²) in [6, 6.07) is 19.5. The lowest BCUT2D eigenvalue weighted by Gasteiger charge is -2.13. The summed E-state index contributed by atoms with van der Waals surface area (Å²) in [5.74, 6) is 1.37. The monoisotopic (exact) mass is 390 g/mol. The van der Waals surface area contributed by atoms with Crippen LogP contribution in [-0.4, -0.2) is 38.6 Å². The van der Waals surface area contributed by atoms with Crippen LogP contribution in [0.25, 0.3) is 0 Å². The zero-order valence-corrected chi connectivity index (χ0v) is 17.0. The average molecular weight is 390 g/mol. The lowest BCUT2D eigenvalue weighted by molar-refractivity contribution is 0.0954. The van der Waals surface area contributed by atoms with Crippen LogP contribution in [0.2, 0.25) is 0 Å². The number of benzene rings is 2. The highest BCUT2D eigenvalue weighted by molar-refractivity contribution is 5.94. The van der Waals surface area contributed by atoms with E-state index in [1.165, 1.54) is 0 Å². The van der Waals surface area contributed by atoms with E-state index < -0.39 is 0 Å². The molecule has 0 aliphatic heterocycles. The van der Waals surface area contributed by atoms with Gasteiger partial charge in [0.1, 0.15) is 11.6 Å². The topological polar surface area (TPSA) is 66.5 Å². The predicted octanol–water partition coefficient (Wildman–Crippen LogP) is 3.87. The van der Waals surface area contributed by atoms with Crippen LogP contribution in [0.5, 0.6) is 5.75 Å². The summed E-state index contributed by atoms with van der Waals surface area (Å²) >= 11 is 0. The molecule has 0 radical (unpaired) electrons. The van der Waals surface area contributed by atoms with Gasteiger partial charge in [0.15, 0.2) is 0 Å². The molecule has 0 unspecified atom stereocenters. The second kappa shape index (κ2) is 9.59. The Morgan fingerprint density at radius 3 is 2.52 bits per heavy atom. The number of rotatable bonds is 8. The number of pyridine rings is 1. The smallest absolute Gasteiger partial charge is 0.252 e. The molecule has 0 saturated heterocycles. The summed E-state index contributed by atoms with van der Waals surface area (Å²) in [4.78, 5) is 18.7. The van der Waals surface area contributed by atoms with E-state index in [1.807, 2.05) is 67.5 Å². The summed E-state index contributed by atoms with van der Waals surface area (Å²) in [5.41, 5.74) is 3.72. The molecule has 2 N–H and O–H groups in total. The summed E-state index contributed by atoms with van der Waals surface area (Å²) in [6.45, 7) is 0.546. The lowest BCUT2D eigenvalue weighted by atomic mass is 10.1. The van der Waals surface area contributed by atoms with Gasteiger partial charge >= 0.3 is 0 Å². The highest BCUT2D eigenvalue weighted by atomic mass is 16.5. The first kappa shape index (κ1) is 20.2. The van der Waals surface area contributed by atoms with E-state index in [0.29, 0.717) is 17.9 Å². The Morgan fingerprint density at radius 2 is 1.86 bits per heavy atom. The van der Waals surface area contributed by atoms with E-state index in [2.05, 4.69) is 15.6 Å². The van der Waals surface area contributed by atoms with Crippen molar-refractivity contribution in [3.63, 3.8) is 0 Å². The molecule has 1 heterocycles. The third kappa shape index (κ3) is 5.72. The van der Waals surface area contributed by atoms with E-state index in [1.54, 1.807) is 25.4 Å². The fourth-order valence-corrected chi connectivity index (χ4v) is 2.84. The molecule has 2 aromatic carbocycles. The van der Waals surface area contributed by atoms with Crippen LogP contribution in [0.1, 0.15) is 15.9 Å². The third-order valence-electron chi connectivity index (χ3n) is 4.52. The molecule has 0 atom stereocenters. The van der Waals surface area contributed by atoms with Crippen LogP contribution in [0.15, 0.2) is 66.9 Å². The molecule has 0 spiro atoms. The lowest BCUT2D eigenvalue weighted by Crippen LogP contribution is -2.25. The molecule has 0 aliphatic carbocycles. The van der Waals surface area contributed by atoms with Crippen molar-refractivity contribution in [3.05, 3.63) is 78.0 Å². The van der Waals surface area contributed by atoms with Gasteiger partial charge in [0.05, 0.1) is 12.7 Å². The average Bonchev–Trinajstić information content (AvgIpc) is 2.74. The Balaban J connectivity index is 1.51. The van der Waals surface area contributed by atoms with Crippen LogP contribution in [-0.2, 0) is 6.42 Å². The minimum Gasteiger partial charge on any atom is -0.497 e. The van der Waals surface area contributed by atoms with Crippen molar-refractivity contribution < 1.29 is 9.53 Å². The number of hydrogen-bond donors (Lipinski definition) is 2. The predicted molar refractivity (Wildman–Crippen MR) is 117 cm³/mol. The van der Waals surface area contributed by atoms with Crippen molar-refractivity contribution in [1.82, 2.24) is 10.3 Å². The molecule has 6 heteroatoms. The van der Waals surface area contributed by atoms with E-state index in [9.17, 15) is 4.79 Å². The number of nitrogens with one attached hydrogen (secondary N) is 2. The molecule has 29 heavy (non-hydrogen) atoms. The first-order chi connectivity index (χ1) is 14.0. The number of carbonyl (C=O) groups is 1. The highest BCUT2D eigenvalue weighted by Gasteiger charge is 2.06. The number of carbonyl (C=O) groups excluding carboxylic acids is 1. The Morgan fingerprint density at radius 1 is 1.07 bits per heavy atom. The minimum absolute atomic E-state index is 0.137. The van der Waals surface area contributed by atoms with E-state index >= 15 is 0 Å². The molecule has 3 rings (SSSR count). The Labute approximate surface area is 171 Å². The van der Waals surface area contributed by atoms with Crippen LogP contribution in [0.3, 0.4) is 0 Å². The fraction of sp³-hybridized carbons (Fsp3) is 0.217. The zero-order valence-electron chi connectivity index (χ0n) is 17.0. The van der Waals surface area contributed by atoms with Crippen LogP contribution in [0, 0.1) is 0 Å². The van der Waals surface area contributed by atoms with Crippen molar-refractivity contribution in [2.24, 2.45) is 0 Å². The highest BCUT2D eigenvalue weighted by Crippen LogP contribution is 2.19. The van der Waals surface area contributed by atoms with Gasteiger partial charge in [0.2, 0.25) is 0 Å². The number of aromatic nitrogens is 1. The largest absolute Gasteiger partial charge is 0.497 e. The molecule has 0 saturated carbocycles. The van der Waals surface area contributed by atoms with Gasteiger partial charge in [0, 0.05) is 38.2 Å². The van der Waals surface area contributed by atoms with Crippen LogP contribution in [0.4, 0.5) is 17.2 Å². The second-order valence-corrected chi connectivity index (χ2v) is 6.86. The molecule has 150 valence electrons. The van der Waals surface area contributed by atoms with Gasteiger partial charge in [-0.1, -0.05) is 12.1 Å². The van der Waals surface area contributed by atoms with Crippen molar-refractivity contribution in [1.29, 1.82) is 0 Å². The molecule has 3 aromatic rings. The number of anilines is 3. The maximum atomic E-state index is 12.3. The summed E-state index contributed by atoms with van der Waals surface area (Å²) < 4.78 is 5.22. The number of methoxy groups -OCH3 is 1. The van der Waals surface area contributed by atoms with Crippen molar-refractivity contribution in [3.8, 4) is 5.75 Å². The van der Waals surface area contributed by atoms with Crippen molar-refractivity contribution in [2.75, 3.05) is 38.0 Å². The van der Waals surface area contributed by atoms with Gasteiger partial charge < -0.3 is 20.3 Å². The SMILES string of the molecule is COc1cccc(CCNC(=O)c2ccc(Nc3ccc(N(C)C)cc3)nc2)c1. The van der Waals surface area contributed by atoms with Crippen LogP contribution < -0.4 is 20.3 Å². The standard InChI is InChI=1S/C23H26N4O2/c1-27(2)20-10-8-19(9-11-20)26-22-12-7-18(16-25-22)23(28)24-14-13-17-5-4-6-21(15-17)29-3/h4-12,15-16H,13-14H2,1-3H3,(H,24,28)(H,25,26). The number of amides is 1. The van der Waals surface area contributed by atoms with Gasteiger partial charge in [-0.2, -0.15) is 0 Å². The van der Waals surface area contributed by atoms with E-state index in [-0.39, 0.29) is 5.91 Å². The molecule has 1 amide bonds. The summed E-state index contributed by atoms with van der Waals surface area (Å²) in [5, 5.41) is 6.16. The van der Waals surface area contributed by atoms with Crippen molar-refractivity contribution in [2.45, 2.75) is 6.42 Å². The maximum absolute atomic E-state index is 12.3. The molecular weight excluding hydrogens is 364 g/mol. The van der Waals surface area contributed by atoms with Gasteiger partial charge in [0.25, 0.3) is 5.91 Å². The first-order valence-electron chi connectivity index (χ1n) is 9.47. The van der Waals surface area contributed by atoms with Gasteiger partial charge in [-0.05, 0) is 60.5 Å². The summed E-state index contributed by atoms with van der Waals surface area (Å²) in [7, 11) is 5.65. The fourth-order valence-electron chi connectivity index (χ4n) is 2.84. The molecule has 6 nitrogen and oxygen atoms in total. The molecule has 0 fully saturated rings. The normalized spacial score (nSPS) is 10.3. The molecule has 0 aliphatic rings. The maximum Gasteiger partial charge on any atom is 0.252 e. The van der Waals surface area contributed by atoms with Gasteiger partial charge in [-0.3, -0.25) is 4.79 Å². The number of hydrogen-bond acceptors (Lipinski definition) is 5.